The second-order valence-corrected chi connectivity index (χ2v) is 4.40. The van der Waals surface area contributed by atoms with Crippen molar-refractivity contribution in [3.63, 3.8) is 0 Å². The van der Waals surface area contributed by atoms with E-state index in [2.05, 4.69) is 35.6 Å². The van der Waals surface area contributed by atoms with Crippen molar-refractivity contribution >= 4 is 11.5 Å². The summed E-state index contributed by atoms with van der Waals surface area (Å²) >= 11 is 1.35. The number of benzene rings is 1. The van der Waals surface area contributed by atoms with Gasteiger partial charge in [0.15, 0.2) is 0 Å². The molecule has 0 amide bonds. The fourth-order valence-electron chi connectivity index (χ4n) is 1.58. The van der Waals surface area contributed by atoms with Gasteiger partial charge in [0.1, 0.15) is 0 Å². The van der Waals surface area contributed by atoms with E-state index >= 15 is 0 Å². The SMILES string of the molecule is Cc1cccc(C(N)c2cnns2)c1C. The summed E-state index contributed by atoms with van der Waals surface area (Å²) in [5.74, 6) is 0. The lowest BCUT2D eigenvalue weighted by Crippen LogP contribution is -2.12. The van der Waals surface area contributed by atoms with Gasteiger partial charge < -0.3 is 5.73 Å². The van der Waals surface area contributed by atoms with Gasteiger partial charge in [0.25, 0.3) is 0 Å². The molecule has 2 aromatic rings. The van der Waals surface area contributed by atoms with Gasteiger partial charge in [-0.05, 0) is 42.1 Å². The third kappa shape index (κ3) is 1.91. The van der Waals surface area contributed by atoms with Crippen LogP contribution in [0.2, 0.25) is 0 Å². The van der Waals surface area contributed by atoms with Crippen LogP contribution < -0.4 is 5.73 Å². The van der Waals surface area contributed by atoms with E-state index in [0.29, 0.717) is 0 Å². The van der Waals surface area contributed by atoms with Crippen LogP contribution in [0.5, 0.6) is 0 Å². The second-order valence-electron chi connectivity index (χ2n) is 3.59. The highest BCUT2D eigenvalue weighted by molar-refractivity contribution is 7.05. The molecule has 1 aromatic heterocycles. The molecular weight excluding hydrogens is 206 g/mol. The molecule has 2 rings (SSSR count). The Morgan fingerprint density at radius 2 is 2.13 bits per heavy atom. The zero-order valence-electron chi connectivity index (χ0n) is 8.77. The molecule has 0 fully saturated rings. The van der Waals surface area contributed by atoms with Gasteiger partial charge in [0, 0.05) is 0 Å². The van der Waals surface area contributed by atoms with Crippen molar-refractivity contribution < 1.29 is 0 Å². The number of nitrogens with two attached hydrogens (primary N) is 1. The van der Waals surface area contributed by atoms with E-state index in [1.807, 2.05) is 6.07 Å². The van der Waals surface area contributed by atoms with Crippen molar-refractivity contribution in [3.8, 4) is 0 Å². The summed E-state index contributed by atoms with van der Waals surface area (Å²) in [4.78, 5) is 1.00. The van der Waals surface area contributed by atoms with Gasteiger partial charge in [-0.15, -0.1) is 5.10 Å². The Bertz CT molecular complexity index is 451. The standard InChI is InChI=1S/C11H13N3S/c1-7-4-3-5-9(8(7)2)11(12)10-6-13-14-15-10/h3-6,11H,12H2,1-2H3. The molecule has 0 radical (unpaired) electrons. The van der Waals surface area contributed by atoms with Crippen molar-refractivity contribution in [2.24, 2.45) is 5.73 Å². The lowest BCUT2D eigenvalue weighted by molar-refractivity contribution is 0.875. The minimum absolute atomic E-state index is 0.107. The first-order chi connectivity index (χ1) is 7.20. The van der Waals surface area contributed by atoms with E-state index in [1.54, 1.807) is 6.20 Å². The number of aromatic nitrogens is 2. The summed E-state index contributed by atoms with van der Waals surface area (Å²) in [6.45, 7) is 4.19. The van der Waals surface area contributed by atoms with Crippen LogP contribution in [0.15, 0.2) is 24.4 Å². The molecule has 1 heterocycles. The van der Waals surface area contributed by atoms with Gasteiger partial charge in [-0.25, -0.2) is 0 Å². The molecule has 2 N–H and O–H groups in total. The van der Waals surface area contributed by atoms with Crippen molar-refractivity contribution in [3.05, 3.63) is 46.0 Å². The smallest absolute Gasteiger partial charge is 0.0681 e. The first-order valence-electron chi connectivity index (χ1n) is 4.79. The molecule has 0 aliphatic heterocycles. The zero-order chi connectivity index (χ0) is 10.8. The molecule has 1 atom stereocenters. The van der Waals surface area contributed by atoms with Crippen LogP contribution in [-0.4, -0.2) is 9.59 Å². The molecule has 0 saturated heterocycles. The summed E-state index contributed by atoms with van der Waals surface area (Å²) in [5, 5.41) is 3.81. The van der Waals surface area contributed by atoms with Crippen LogP contribution in [0.3, 0.4) is 0 Å². The quantitative estimate of drug-likeness (QED) is 0.842. The Kier molecular flexibility index (Phi) is 2.79. The number of rotatable bonds is 2. The Morgan fingerprint density at radius 3 is 2.80 bits per heavy atom. The molecular formula is C11H13N3S. The van der Waals surface area contributed by atoms with Crippen LogP contribution in [0.1, 0.15) is 27.6 Å². The molecule has 0 bridgehead atoms. The second kappa shape index (κ2) is 4.08. The van der Waals surface area contributed by atoms with E-state index in [9.17, 15) is 0 Å². The van der Waals surface area contributed by atoms with Crippen molar-refractivity contribution in [1.82, 2.24) is 9.59 Å². The average Bonchev–Trinajstić information content (AvgIpc) is 2.74. The summed E-state index contributed by atoms with van der Waals surface area (Å²) < 4.78 is 3.83. The Labute approximate surface area is 93.1 Å². The summed E-state index contributed by atoms with van der Waals surface area (Å²) in [6, 6.07) is 6.08. The predicted octanol–water partition coefficient (Wildman–Crippen LogP) is 2.20. The van der Waals surface area contributed by atoms with E-state index in [-0.39, 0.29) is 6.04 Å². The van der Waals surface area contributed by atoms with E-state index in [0.717, 1.165) is 10.4 Å². The van der Waals surface area contributed by atoms with Crippen LogP contribution in [0.25, 0.3) is 0 Å². The summed E-state index contributed by atoms with van der Waals surface area (Å²) in [7, 11) is 0. The minimum Gasteiger partial charge on any atom is -0.320 e. The average molecular weight is 219 g/mol. The fraction of sp³-hybridized carbons (Fsp3) is 0.273. The Balaban J connectivity index is 2.42. The molecule has 1 unspecified atom stereocenters. The molecule has 0 aliphatic rings. The van der Waals surface area contributed by atoms with Gasteiger partial charge in [-0.2, -0.15) is 0 Å². The van der Waals surface area contributed by atoms with Crippen LogP contribution in [-0.2, 0) is 0 Å². The molecule has 3 nitrogen and oxygen atoms in total. The molecule has 1 aromatic carbocycles. The monoisotopic (exact) mass is 219 g/mol. The lowest BCUT2D eigenvalue weighted by atomic mass is 9.97. The number of hydrogen-bond acceptors (Lipinski definition) is 4. The Hall–Kier alpha value is -1.26. The van der Waals surface area contributed by atoms with Gasteiger partial charge in [-0.1, -0.05) is 22.7 Å². The largest absolute Gasteiger partial charge is 0.320 e. The van der Waals surface area contributed by atoms with Gasteiger partial charge in [0.05, 0.1) is 17.1 Å². The van der Waals surface area contributed by atoms with Gasteiger partial charge in [0.2, 0.25) is 0 Å². The van der Waals surface area contributed by atoms with Crippen molar-refractivity contribution in [2.45, 2.75) is 19.9 Å². The molecule has 0 aliphatic carbocycles. The molecule has 78 valence electrons. The van der Waals surface area contributed by atoms with Crippen LogP contribution in [0, 0.1) is 13.8 Å². The van der Waals surface area contributed by atoms with Crippen LogP contribution >= 0.6 is 11.5 Å². The third-order valence-corrected chi connectivity index (χ3v) is 3.41. The normalized spacial score (nSPS) is 12.7. The topological polar surface area (TPSA) is 51.8 Å². The number of hydrogen-bond donors (Lipinski definition) is 1. The highest BCUT2D eigenvalue weighted by Crippen LogP contribution is 2.25. The Morgan fingerprint density at radius 1 is 1.33 bits per heavy atom. The zero-order valence-corrected chi connectivity index (χ0v) is 9.58. The van der Waals surface area contributed by atoms with E-state index in [4.69, 9.17) is 5.73 Å². The van der Waals surface area contributed by atoms with Gasteiger partial charge >= 0.3 is 0 Å². The lowest BCUT2D eigenvalue weighted by Gasteiger charge is -2.13. The number of aryl methyl sites for hydroxylation is 1. The predicted molar refractivity (Wildman–Crippen MR) is 61.9 cm³/mol. The fourth-order valence-corrected chi connectivity index (χ4v) is 2.10. The maximum absolute atomic E-state index is 6.16. The van der Waals surface area contributed by atoms with Crippen LogP contribution in [0.4, 0.5) is 0 Å². The summed E-state index contributed by atoms with van der Waals surface area (Å²) in [5.41, 5.74) is 9.83. The molecule has 0 saturated carbocycles. The molecule has 0 spiro atoms. The van der Waals surface area contributed by atoms with Crippen molar-refractivity contribution in [1.29, 1.82) is 0 Å². The third-order valence-electron chi connectivity index (χ3n) is 2.67. The first kappa shape index (κ1) is 10.3. The maximum atomic E-state index is 6.16. The number of nitrogens with zero attached hydrogens (tertiary/aromatic N) is 2. The summed E-state index contributed by atoms with van der Waals surface area (Å²) in [6.07, 6.45) is 1.73. The molecule has 4 heteroatoms. The van der Waals surface area contributed by atoms with E-state index < -0.39 is 0 Å². The van der Waals surface area contributed by atoms with Crippen molar-refractivity contribution in [2.75, 3.05) is 0 Å². The molecule has 15 heavy (non-hydrogen) atoms. The minimum atomic E-state index is -0.107. The van der Waals surface area contributed by atoms with Gasteiger partial charge in [-0.3, -0.25) is 0 Å². The highest BCUT2D eigenvalue weighted by Gasteiger charge is 2.13. The maximum Gasteiger partial charge on any atom is 0.0681 e. The first-order valence-corrected chi connectivity index (χ1v) is 5.56. The van der Waals surface area contributed by atoms with E-state index in [1.165, 1.54) is 22.7 Å². The highest BCUT2D eigenvalue weighted by atomic mass is 32.1.